The molecule has 1 aromatic carbocycles. The van der Waals surface area contributed by atoms with Crippen LogP contribution >= 0.6 is 0 Å². The Labute approximate surface area is 99.6 Å². The second-order valence-electron chi connectivity index (χ2n) is 4.38. The van der Waals surface area contributed by atoms with E-state index in [0.29, 0.717) is 11.7 Å². The van der Waals surface area contributed by atoms with Gasteiger partial charge in [-0.3, -0.25) is 0 Å². The van der Waals surface area contributed by atoms with Gasteiger partial charge in [0.1, 0.15) is 5.75 Å². The second-order valence-corrected chi connectivity index (χ2v) is 4.38. The van der Waals surface area contributed by atoms with E-state index in [1.807, 2.05) is 38.1 Å². The number of methoxy groups -OCH3 is 1. The summed E-state index contributed by atoms with van der Waals surface area (Å²) < 4.78 is 10.3. The van der Waals surface area contributed by atoms with Crippen molar-refractivity contribution in [1.29, 1.82) is 0 Å². The Morgan fingerprint density at radius 2 is 2.12 bits per heavy atom. The lowest BCUT2D eigenvalue weighted by atomic mass is 10.1. The van der Waals surface area contributed by atoms with Crippen molar-refractivity contribution in [3.63, 3.8) is 0 Å². The number of aromatic nitrogens is 2. The van der Waals surface area contributed by atoms with E-state index in [4.69, 9.17) is 15.0 Å². The molecule has 0 radical (unpaired) electrons. The van der Waals surface area contributed by atoms with Crippen LogP contribution in [-0.4, -0.2) is 17.3 Å². The molecule has 0 unspecified atom stereocenters. The lowest BCUT2D eigenvalue weighted by Crippen LogP contribution is -2.28. The smallest absolute Gasteiger partial charge is 0.246 e. The molecular formula is C12H15N3O2. The molecule has 0 aliphatic rings. The average Bonchev–Trinajstić information content (AvgIpc) is 2.78. The molecule has 0 amide bonds. The molecule has 0 aliphatic heterocycles. The first-order valence-electron chi connectivity index (χ1n) is 5.28. The molecule has 5 heteroatoms. The van der Waals surface area contributed by atoms with Crippen LogP contribution in [0.3, 0.4) is 0 Å². The molecule has 0 aliphatic carbocycles. The van der Waals surface area contributed by atoms with Crippen LogP contribution in [0.25, 0.3) is 11.4 Å². The predicted octanol–water partition coefficient (Wildman–Crippen LogP) is 1.94. The summed E-state index contributed by atoms with van der Waals surface area (Å²) in [5.74, 6) is 1.67. The van der Waals surface area contributed by atoms with Gasteiger partial charge >= 0.3 is 0 Å². The van der Waals surface area contributed by atoms with E-state index in [9.17, 15) is 0 Å². The van der Waals surface area contributed by atoms with E-state index in [-0.39, 0.29) is 0 Å². The molecule has 2 aromatic rings. The van der Waals surface area contributed by atoms with Gasteiger partial charge in [0, 0.05) is 5.56 Å². The zero-order valence-corrected chi connectivity index (χ0v) is 10.1. The van der Waals surface area contributed by atoms with Crippen LogP contribution in [0.15, 0.2) is 28.8 Å². The lowest BCUT2D eigenvalue weighted by Gasteiger charge is -2.10. The maximum Gasteiger partial charge on any atom is 0.246 e. The van der Waals surface area contributed by atoms with Gasteiger partial charge in [0.25, 0.3) is 0 Å². The quantitative estimate of drug-likeness (QED) is 0.876. The molecule has 17 heavy (non-hydrogen) atoms. The third-order valence-electron chi connectivity index (χ3n) is 2.31. The summed E-state index contributed by atoms with van der Waals surface area (Å²) in [6, 6.07) is 7.47. The fourth-order valence-electron chi connectivity index (χ4n) is 1.36. The Morgan fingerprint density at radius 3 is 2.71 bits per heavy atom. The summed E-state index contributed by atoms with van der Waals surface area (Å²) in [4.78, 5) is 4.27. The van der Waals surface area contributed by atoms with Crippen LogP contribution in [0.4, 0.5) is 0 Å². The maximum atomic E-state index is 5.88. The van der Waals surface area contributed by atoms with Gasteiger partial charge in [-0.2, -0.15) is 4.98 Å². The molecule has 90 valence electrons. The van der Waals surface area contributed by atoms with Gasteiger partial charge in [-0.25, -0.2) is 0 Å². The molecule has 0 fully saturated rings. The second kappa shape index (κ2) is 4.18. The first-order valence-corrected chi connectivity index (χ1v) is 5.28. The van der Waals surface area contributed by atoms with Crippen LogP contribution in [0.1, 0.15) is 19.7 Å². The van der Waals surface area contributed by atoms with Gasteiger partial charge in [0.2, 0.25) is 11.7 Å². The highest BCUT2D eigenvalue weighted by Crippen LogP contribution is 2.23. The summed E-state index contributed by atoms with van der Waals surface area (Å²) in [6.45, 7) is 3.63. The van der Waals surface area contributed by atoms with Crippen molar-refractivity contribution in [3.8, 4) is 17.1 Å². The Hall–Kier alpha value is -1.88. The Kier molecular flexibility index (Phi) is 2.85. The molecule has 2 rings (SSSR count). The van der Waals surface area contributed by atoms with Crippen molar-refractivity contribution in [2.75, 3.05) is 7.11 Å². The van der Waals surface area contributed by atoms with E-state index in [2.05, 4.69) is 10.1 Å². The summed E-state index contributed by atoms with van der Waals surface area (Å²) >= 11 is 0. The average molecular weight is 233 g/mol. The van der Waals surface area contributed by atoms with Crippen LogP contribution in [0.5, 0.6) is 5.75 Å². The highest BCUT2D eigenvalue weighted by Gasteiger charge is 2.22. The van der Waals surface area contributed by atoms with Gasteiger partial charge in [-0.05, 0) is 26.0 Å². The highest BCUT2D eigenvalue weighted by atomic mass is 16.5. The molecule has 0 bridgehead atoms. The largest absolute Gasteiger partial charge is 0.497 e. The van der Waals surface area contributed by atoms with Gasteiger partial charge < -0.3 is 15.0 Å². The Morgan fingerprint density at radius 1 is 1.35 bits per heavy atom. The zero-order chi connectivity index (χ0) is 12.5. The number of hydrogen-bond acceptors (Lipinski definition) is 5. The third kappa shape index (κ3) is 2.45. The molecule has 0 spiro atoms. The fraction of sp³-hybridized carbons (Fsp3) is 0.333. The van der Waals surface area contributed by atoms with E-state index in [0.717, 1.165) is 11.3 Å². The van der Waals surface area contributed by atoms with E-state index in [1.54, 1.807) is 7.11 Å². The van der Waals surface area contributed by atoms with Crippen molar-refractivity contribution in [1.82, 2.24) is 10.1 Å². The standard InChI is InChI=1S/C12H15N3O2/c1-12(2,13)11-14-10(15-17-11)8-5-4-6-9(7-8)16-3/h4-7H,13H2,1-3H3. The lowest BCUT2D eigenvalue weighted by molar-refractivity contribution is 0.312. The molecule has 0 atom stereocenters. The third-order valence-corrected chi connectivity index (χ3v) is 2.31. The summed E-state index contributed by atoms with van der Waals surface area (Å²) in [5.41, 5.74) is 6.09. The number of nitrogens with zero attached hydrogens (tertiary/aromatic N) is 2. The van der Waals surface area contributed by atoms with Crippen LogP contribution in [-0.2, 0) is 5.54 Å². The minimum atomic E-state index is -0.635. The van der Waals surface area contributed by atoms with Gasteiger partial charge in [-0.1, -0.05) is 17.3 Å². The van der Waals surface area contributed by atoms with Gasteiger partial charge in [0.05, 0.1) is 12.6 Å². The molecule has 1 aromatic heterocycles. The number of hydrogen-bond donors (Lipinski definition) is 1. The van der Waals surface area contributed by atoms with Crippen molar-refractivity contribution in [3.05, 3.63) is 30.2 Å². The molecule has 0 saturated heterocycles. The highest BCUT2D eigenvalue weighted by molar-refractivity contribution is 5.56. The zero-order valence-electron chi connectivity index (χ0n) is 10.1. The maximum absolute atomic E-state index is 5.88. The van der Waals surface area contributed by atoms with Crippen LogP contribution in [0.2, 0.25) is 0 Å². The SMILES string of the molecule is COc1cccc(-c2noc(C(C)(C)N)n2)c1. The summed E-state index contributed by atoms with van der Waals surface area (Å²) in [6.07, 6.45) is 0. The first kappa shape index (κ1) is 11.6. The number of rotatable bonds is 3. The molecule has 2 N–H and O–H groups in total. The normalized spacial score (nSPS) is 11.5. The molecule has 0 saturated carbocycles. The molecular weight excluding hydrogens is 218 g/mol. The Bertz CT molecular complexity index is 514. The fourth-order valence-corrected chi connectivity index (χ4v) is 1.36. The Balaban J connectivity index is 2.37. The van der Waals surface area contributed by atoms with E-state index >= 15 is 0 Å². The van der Waals surface area contributed by atoms with Gasteiger partial charge in [-0.15, -0.1) is 0 Å². The van der Waals surface area contributed by atoms with Crippen molar-refractivity contribution in [2.24, 2.45) is 5.73 Å². The molecule has 1 heterocycles. The first-order chi connectivity index (χ1) is 8.00. The minimum Gasteiger partial charge on any atom is -0.497 e. The number of benzene rings is 1. The van der Waals surface area contributed by atoms with Crippen molar-refractivity contribution < 1.29 is 9.26 Å². The summed E-state index contributed by atoms with van der Waals surface area (Å²) in [5, 5.41) is 3.91. The van der Waals surface area contributed by atoms with E-state index in [1.165, 1.54) is 0 Å². The number of nitrogens with two attached hydrogens (primary N) is 1. The molecule has 5 nitrogen and oxygen atoms in total. The van der Waals surface area contributed by atoms with Crippen LogP contribution in [0, 0.1) is 0 Å². The van der Waals surface area contributed by atoms with Crippen molar-refractivity contribution in [2.45, 2.75) is 19.4 Å². The monoisotopic (exact) mass is 233 g/mol. The number of ether oxygens (including phenoxy) is 1. The minimum absolute atomic E-state index is 0.412. The van der Waals surface area contributed by atoms with E-state index < -0.39 is 5.54 Å². The van der Waals surface area contributed by atoms with Crippen molar-refractivity contribution >= 4 is 0 Å². The van der Waals surface area contributed by atoms with Crippen LogP contribution < -0.4 is 10.5 Å². The van der Waals surface area contributed by atoms with Gasteiger partial charge in [0.15, 0.2) is 0 Å². The predicted molar refractivity (Wildman–Crippen MR) is 63.5 cm³/mol. The summed E-state index contributed by atoms with van der Waals surface area (Å²) in [7, 11) is 1.61. The topological polar surface area (TPSA) is 74.2 Å².